The molecule has 2 rings (SSSR count). The first kappa shape index (κ1) is 12.4. The molecule has 1 heterocycles. The number of benzene rings is 1. The molecule has 0 bridgehead atoms. The average molecular weight is 249 g/mol. The lowest BCUT2D eigenvalue weighted by molar-refractivity contribution is -0.128. The number of carbonyl (C=O) groups excluding carboxylic acids is 2. The molecule has 0 unspecified atom stereocenters. The van der Waals surface area contributed by atoms with Crippen LogP contribution in [0.25, 0.3) is 0 Å². The number of fused-ring (bicyclic) bond motifs is 1. The highest BCUT2D eigenvalue weighted by Gasteiger charge is 2.16. The van der Waals surface area contributed by atoms with Crippen LogP contribution in [0.5, 0.6) is 5.75 Å². The largest absolute Gasteiger partial charge is 0.482 e. The number of anilines is 1. The van der Waals surface area contributed by atoms with Gasteiger partial charge in [-0.05, 0) is 17.7 Å². The Hall–Kier alpha value is -2.08. The molecule has 1 aromatic carbocycles. The maximum Gasteiger partial charge on any atom is 0.262 e. The van der Waals surface area contributed by atoms with Gasteiger partial charge in [0, 0.05) is 13.6 Å². The van der Waals surface area contributed by atoms with Crippen LogP contribution in [-0.4, -0.2) is 36.9 Å². The molecule has 3 N–H and O–H groups in total. The maximum atomic E-state index is 11.4. The molecular weight excluding hydrogens is 234 g/mol. The molecule has 96 valence electrons. The van der Waals surface area contributed by atoms with Crippen molar-refractivity contribution in [2.75, 3.05) is 25.5 Å². The van der Waals surface area contributed by atoms with Crippen molar-refractivity contribution in [1.29, 1.82) is 0 Å². The highest BCUT2D eigenvalue weighted by atomic mass is 16.5. The normalized spacial score (nSPS) is 13.3. The first-order valence-corrected chi connectivity index (χ1v) is 5.60. The van der Waals surface area contributed by atoms with Gasteiger partial charge in [-0.2, -0.15) is 0 Å². The molecule has 0 fully saturated rings. The van der Waals surface area contributed by atoms with E-state index in [4.69, 9.17) is 10.5 Å². The molecule has 0 atom stereocenters. The molecule has 2 amide bonds. The second-order valence-electron chi connectivity index (χ2n) is 4.12. The van der Waals surface area contributed by atoms with E-state index in [2.05, 4.69) is 5.32 Å². The summed E-state index contributed by atoms with van der Waals surface area (Å²) in [5.74, 6) is 0.338. The van der Waals surface area contributed by atoms with Gasteiger partial charge in [-0.1, -0.05) is 6.07 Å². The molecular formula is C12H15N3O3. The smallest absolute Gasteiger partial charge is 0.262 e. The van der Waals surface area contributed by atoms with E-state index >= 15 is 0 Å². The molecule has 6 heteroatoms. The summed E-state index contributed by atoms with van der Waals surface area (Å²) >= 11 is 0. The zero-order valence-electron chi connectivity index (χ0n) is 10.1. The average Bonchev–Trinajstić information content (AvgIpc) is 2.37. The second kappa shape index (κ2) is 5.05. The topological polar surface area (TPSA) is 84.7 Å². The fraction of sp³-hybridized carbons (Fsp3) is 0.333. The number of rotatable bonds is 3. The predicted octanol–water partition coefficient (Wildman–Crippen LogP) is -0.0654. The fourth-order valence-electron chi connectivity index (χ4n) is 1.75. The third-order valence-corrected chi connectivity index (χ3v) is 2.70. The van der Waals surface area contributed by atoms with Crippen LogP contribution in [-0.2, 0) is 16.1 Å². The lowest BCUT2D eigenvalue weighted by Crippen LogP contribution is -2.32. The van der Waals surface area contributed by atoms with Crippen LogP contribution in [0, 0.1) is 0 Å². The number of likely N-dealkylation sites (N-methyl/N-ethyl adjacent to an activating group) is 1. The number of nitrogens with zero attached hydrogens (tertiary/aromatic N) is 1. The Bertz CT molecular complexity index is 487. The predicted molar refractivity (Wildman–Crippen MR) is 66.1 cm³/mol. The molecule has 6 nitrogen and oxygen atoms in total. The maximum absolute atomic E-state index is 11.4. The Balaban J connectivity index is 2.13. The lowest BCUT2D eigenvalue weighted by atomic mass is 10.1. The Labute approximate surface area is 105 Å². The zero-order chi connectivity index (χ0) is 13.1. The number of hydrogen-bond acceptors (Lipinski definition) is 4. The van der Waals surface area contributed by atoms with Gasteiger partial charge < -0.3 is 20.7 Å². The molecule has 0 aromatic heterocycles. The highest BCUT2D eigenvalue weighted by Crippen LogP contribution is 2.28. The summed E-state index contributed by atoms with van der Waals surface area (Å²) in [5, 5.41) is 2.72. The van der Waals surface area contributed by atoms with Gasteiger partial charge in [-0.15, -0.1) is 0 Å². The van der Waals surface area contributed by atoms with Crippen LogP contribution in [0.15, 0.2) is 18.2 Å². The summed E-state index contributed by atoms with van der Waals surface area (Å²) in [5.41, 5.74) is 6.83. The van der Waals surface area contributed by atoms with Gasteiger partial charge >= 0.3 is 0 Å². The molecule has 0 radical (unpaired) electrons. The van der Waals surface area contributed by atoms with E-state index in [-0.39, 0.29) is 25.0 Å². The second-order valence-corrected chi connectivity index (χ2v) is 4.12. The van der Waals surface area contributed by atoms with Crippen molar-refractivity contribution in [1.82, 2.24) is 4.90 Å². The first-order chi connectivity index (χ1) is 8.60. The molecule has 18 heavy (non-hydrogen) atoms. The van der Waals surface area contributed by atoms with E-state index in [1.165, 1.54) is 4.90 Å². The molecule has 1 aromatic rings. The van der Waals surface area contributed by atoms with E-state index in [9.17, 15) is 9.59 Å². The van der Waals surface area contributed by atoms with Crippen LogP contribution in [0.2, 0.25) is 0 Å². The van der Waals surface area contributed by atoms with E-state index in [0.717, 1.165) is 5.56 Å². The van der Waals surface area contributed by atoms with Crippen molar-refractivity contribution >= 4 is 17.5 Å². The third kappa shape index (κ3) is 2.60. The first-order valence-electron chi connectivity index (χ1n) is 5.60. The van der Waals surface area contributed by atoms with E-state index in [1.54, 1.807) is 19.2 Å². The minimum absolute atomic E-state index is 0.0126. The van der Waals surface area contributed by atoms with Gasteiger partial charge in [0.05, 0.1) is 12.2 Å². The Kier molecular flexibility index (Phi) is 3.47. The van der Waals surface area contributed by atoms with Crippen molar-refractivity contribution in [3.05, 3.63) is 23.8 Å². The SMILES string of the molecule is CN(Cc1ccc2c(c1)NC(=O)CO2)C(=O)CN. The number of nitrogens with two attached hydrogens (primary N) is 1. The Morgan fingerprint density at radius 2 is 2.33 bits per heavy atom. The van der Waals surface area contributed by atoms with Crippen LogP contribution in [0.1, 0.15) is 5.56 Å². The monoisotopic (exact) mass is 249 g/mol. The van der Waals surface area contributed by atoms with Crippen LogP contribution < -0.4 is 15.8 Å². The van der Waals surface area contributed by atoms with Gasteiger partial charge in [-0.3, -0.25) is 9.59 Å². The molecule has 0 aliphatic carbocycles. The lowest BCUT2D eigenvalue weighted by Gasteiger charge is -2.20. The minimum Gasteiger partial charge on any atom is -0.482 e. The van der Waals surface area contributed by atoms with Crippen LogP contribution in [0.3, 0.4) is 0 Å². The summed E-state index contributed by atoms with van der Waals surface area (Å²) in [6, 6.07) is 5.44. The van der Waals surface area contributed by atoms with Gasteiger partial charge in [0.1, 0.15) is 5.75 Å². The summed E-state index contributed by atoms with van der Waals surface area (Å²) in [6.07, 6.45) is 0. The summed E-state index contributed by atoms with van der Waals surface area (Å²) in [6.45, 7) is 0.471. The minimum atomic E-state index is -0.175. The molecule has 0 spiro atoms. The number of ether oxygens (including phenoxy) is 1. The van der Waals surface area contributed by atoms with Crippen molar-refractivity contribution in [3.8, 4) is 5.75 Å². The van der Waals surface area contributed by atoms with Crippen LogP contribution in [0.4, 0.5) is 5.69 Å². The summed E-state index contributed by atoms with van der Waals surface area (Å²) in [7, 11) is 1.68. The van der Waals surface area contributed by atoms with Gasteiger partial charge in [-0.25, -0.2) is 0 Å². The number of amides is 2. The van der Waals surface area contributed by atoms with E-state index in [0.29, 0.717) is 18.0 Å². The van der Waals surface area contributed by atoms with E-state index in [1.807, 2.05) is 6.07 Å². The summed E-state index contributed by atoms with van der Waals surface area (Å²) < 4.78 is 5.25. The van der Waals surface area contributed by atoms with Crippen molar-refractivity contribution < 1.29 is 14.3 Å². The molecule has 0 saturated carbocycles. The van der Waals surface area contributed by atoms with Crippen LogP contribution >= 0.6 is 0 Å². The van der Waals surface area contributed by atoms with Gasteiger partial charge in [0.15, 0.2) is 6.61 Å². The standard InChI is InChI=1S/C12H15N3O3/c1-15(12(17)5-13)6-8-2-3-10-9(4-8)14-11(16)7-18-10/h2-4H,5-7,13H2,1H3,(H,14,16). The number of hydrogen-bond donors (Lipinski definition) is 2. The zero-order valence-corrected chi connectivity index (χ0v) is 10.1. The molecule has 1 aliphatic heterocycles. The summed E-state index contributed by atoms with van der Waals surface area (Å²) in [4.78, 5) is 24.1. The van der Waals surface area contributed by atoms with Gasteiger partial charge in [0.2, 0.25) is 5.91 Å². The van der Waals surface area contributed by atoms with Crippen molar-refractivity contribution in [2.45, 2.75) is 6.54 Å². The Morgan fingerprint density at radius 3 is 3.06 bits per heavy atom. The quantitative estimate of drug-likeness (QED) is 0.785. The van der Waals surface area contributed by atoms with Gasteiger partial charge in [0.25, 0.3) is 5.91 Å². The van der Waals surface area contributed by atoms with Crippen molar-refractivity contribution in [3.63, 3.8) is 0 Å². The van der Waals surface area contributed by atoms with Crippen molar-refractivity contribution in [2.24, 2.45) is 5.73 Å². The third-order valence-electron chi connectivity index (χ3n) is 2.70. The fourth-order valence-corrected chi connectivity index (χ4v) is 1.75. The molecule has 1 aliphatic rings. The highest BCUT2D eigenvalue weighted by molar-refractivity contribution is 5.95. The number of carbonyl (C=O) groups is 2. The van der Waals surface area contributed by atoms with E-state index < -0.39 is 0 Å². The molecule has 0 saturated heterocycles. The Morgan fingerprint density at radius 1 is 1.56 bits per heavy atom. The number of nitrogens with one attached hydrogen (secondary N) is 1.